The molecule has 0 saturated heterocycles. The first-order valence-electron chi connectivity index (χ1n) is 19.5. The van der Waals surface area contributed by atoms with E-state index in [9.17, 15) is 0 Å². The third-order valence-corrected chi connectivity index (χ3v) is 11.8. The quantitative estimate of drug-likeness (QED) is 0.157. The molecule has 1 unspecified atom stereocenters. The summed E-state index contributed by atoms with van der Waals surface area (Å²) in [5, 5.41) is 0. The molecule has 8 aromatic carbocycles. The van der Waals surface area contributed by atoms with Crippen LogP contribution in [0, 0.1) is 5.92 Å². The second kappa shape index (κ2) is 14.1. The van der Waals surface area contributed by atoms with Gasteiger partial charge in [-0.2, -0.15) is 0 Å². The summed E-state index contributed by atoms with van der Waals surface area (Å²) in [5.41, 5.74) is 16.5. The molecule has 0 N–H and O–H groups in total. The molecule has 0 amide bonds. The van der Waals surface area contributed by atoms with Crippen molar-refractivity contribution in [3.63, 3.8) is 0 Å². The van der Waals surface area contributed by atoms with Crippen molar-refractivity contribution in [1.29, 1.82) is 0 Å². The number of amidine groups is 1. The van der Waals surface area contributed by atoms with E-state index in [1.54, 1.807) is 0 Å². The highest BCUT2D eigenvalue weighted by Crippen LogP contribution is 2.56. The molecule has 266 valence electrons. The summed E-state index contributed by atoms with van der Waals surface area (Å²) >= 11 is 0. The van der Waals surface area contributed by atoms with E-state index in [1.165, 1.54) is 61.2 Å². The molecule has 10 rings (SSSR count). The van der Waals surface area contributed by atoms with Gasteiger partial charge < -0.3 is 0 Å². The molecule has 0 aromatic heterocycles. The molecule has 1 aliphatic carbocycles. The second-order valence-corrected chi connectivity index (χ2v) is 14.9. The lowest BCUT2D eigenvalue weighted by atomic mass is 9.67. The Morgan fingerprint density at radius 1 is 0.393 bits per heavy atom. The highest BCUT2D eigenvalue weighted by Gasteiger charge is 2.46. The van der Waals surface area contributed by atoms with Crippen molar-refractivity contribution in [3.05, 3.63) is 251 Å². The molecule has 2 aliphatic rings. The number of nitrogens with zero attached hydrogens (tertiary/aromatic N) is 2. The van der Waals surface area contributed by atoms with Gasteiger partial charge in [0.2, 0.25) is 0 Å². The number of benzene rings is 8. The molecular weight excluding hydrogens is 677 g/mol. The number of rotatable bonds is 7. The Bertz CT molecular complexity index is 2690. The molecule has 8 aromatic rings. The summed E-state index contributed by atoms with van der Waals surface area (Å²) in [6, 6.07) is 76.7. The average Bonchev–Trinajstić information content (AvgIpc) is 3.58. The van der Waals surface area contributed by atoms with E-state index >= 15 is 0 Å². The van der Waals surface area contributed by atoms with Crippen LogP contribution in [0.2, 0.25) is 0 Å². The van der Waals surface area contributed by atoms with Gasteiger partial charge in [0.25, 0.3) is 0 Å². The van der Waals surface area contributed by atoms with E-state index in [0.29, 0.717) is 0 Å². The van der Waals surface area contributed by atoms with Gasteiger partial charge in [0.15, 0.2) is 5.84 Å². The summed E-state index contributed by atoms with van der Waals surface area (Å²) in [6.07, 6.45) is 0. The monoisotopic (exact) mass is 716 g/mol. The first kappa shape index (κ1) is 33.7. The predicted octanol–water partition coefficient (Wildman–Crippen LogP) is 13.0. The Kier molecular flexibility index (Phi) is 8.45. The van der Waals surface area contributed by atoms with Crippen LogP contribution in [-0.2, 0) is 5.41 Å². The van der Waals surface area contributed by atoms with Gasteiger partial charge in [0.1, 0.15) is 0 Å². The van der Waals surface area contributed by atoms with E-state index in [0.717, 1.165) is 22.7 Å². The predicted molar refractivity (Wildman–Crippen MR) is 232 cm³/mol. The first-order chi connectivity index (χ1) is 27.7. The van der Waals surface area contributed by atoms with Crippen LogP contribution in [0.1, 0.15) is 51.9 Å². The summed E-state index contributed by atoms with van der Waals surface area (Å²) in [4.78, 5) is 10.6. The van der Waals surface area contributed by atoms with Gasteiger partial charge in [-0.15, -0.1) is 0 Å². The van der Waals surface area contributed by atoms with Gasteiger partial charge >= 0.3 is 0 Å². The number of hydrogen-bond acceptors (Lipinski definition) is 2. The van der Waals surface area contributed by atoms with Crippen LogP contribution in [0.15, 0.2) is 222 Å². The summed E-state index contributed by atoms with van der Waals surface area (Å²) in [6.45, 7) is 2.26. The maximum atomic E-state index is 5.37. The van der Waals surface area contributed by atoms with Gasteiger partial charge in [-0.25, -0.2) is 4.99 Å². The van der Waals surface area contributed by atoms with Crippen molar-refractivity contribution in [2.45, 2.75) is 18.4 Å². The third-order valence-electron chi connectivity index (χ3n) is 11.8. The minimum atomic E-state index is -0.430. The third kappa shape index (κ3) is 5.57. The molecular formula is C54H40N2. The van der Waals surface area contributed by atoms with Crippen molar-refractivity contribution in [2.24, 2.45) is 15.9 Å². The zero-order valence-corrected chi connectivity index (χ0v) is 31.3. The highest BCUT2D eigenvalue weighted by atomic mass is 15.0. The van der Waals surface area contributed by atoms with Crippen LogP contribution in [0.5, 0.6) is 0 Å². The van der Waals surface area contributed by atoms with Crippen LogP contribution in [0.25, 0.3) is 33.4 Å². The number of hydrogen-bond donors (Lipinski definition) is 0. The zero-order valence-electron chi connectivity index (χ0n) is 31.3. The van der Waals surface area contributed by atoms with E-state index < -0.39 is 5.41 Å². The molecule has 2 heteroatoms. The van der Waals surface area contributed by atoms with Crippen molar-refractivity contribution in [3.8, 4) is 33.4 Å². The molecule has 0 fully saturated rings. The standard InChI is InChI=1S/C54H40N2/c1-37-51(40-18-6-2-7-19-40)55-53(41-20-8-3-9-21-41)56-52(37)48-28-15-14-26-45(48)39-32-30-38(31-33-39)42-34-35-47-46-27-16-17-29-49(46)54(50(47)36-42,43-22-10-4-11-23-43)44-24-12-5-13-25-44/h2-37,52H,1H3/t37?,52-/m1/s1. The normalized spacial score (nSPS) is 16.7. The highest BCUT2D eigenvalue weighted by molar-refractivity contribution is 6.15. The fraction of sp³-hybridized carbons (Fsp3) is 0.0741. The van der Waals surface area contributed by atoms with E-state index in [4.69, 9.17) is 9.98 Å². The topological polar surface area (TPSA) is 24.7 Å². The molecule has 56 heavy (non-hydrogen) atoms. The average molecular weight is 717 g/mol. The van der Waals surface area contributed by atoms with E-state index in [-0.39, 0.29) is 12.0 Å². The van der Waals surface area contributed by atoms with Crippen molar-refractivity contribution >= 4 is 11.5 Å². The molecule has 2 atom stereocenters. The lowest BCUT2D eigenvalue weighted by molar-refractivity contribution is 0.593. The Morgan fingerprint density at radius 2 is 0.893 bits per heavy atom. The molecule has 1 aliphatic heterocycles. The Labute approximate surface area is 329 Å². The largest absolute Gasteiger partial charge is 0.257 e. The number of aliphatic imine (C=N–C) groups is 2. The van der Waals surface area contributed by atoms with Gasteiger partial charge in [-0.05, 0) is 72.8 Å². The molecule has 0 radical (unpaired) electrons. The van der Waals surface area contributed by atoms with Gasteiger partial charge in [-0.1, -0.05) is 213 Å². The lowest BCUT2D eigenvalue weighted by Gasteiger charge is -2.34. The fourth-order valence-corrected chi connectivity index (χ4v) is 9.12. The van der Waals surface area contributed by atoms with Crippen LogP contribution >= 0.6 is 0 Å². The van der Waals surface area contributed by atoms with Crippen LogP contribution < -0.4 is 0 Å². The van der Waals surface area contributed by atoms with Crippen molar-refractivity contribution in [1.82, 2.24) is 0 Å². The Hall–Kier alpha value is -6.90. The van der Waals surface area contributed by atoms with Gasteiger partial charge in [0, 0.05) is 11.5 Å². The Morgan fingerprint density at radius 3 is 1.55 bits per heavy atom. The molecule has 0 spiro atoms. The second-order valence-electron chi connectivity index (χ2n) is 14.9. The molecule has 1 heterocycles. The Balaban J connectivity index is 1.06. The minimum absolute atomic E-state index is 0.0790. The molecule has 0 bridgehead atoms. The van der Waals surface area contributed by atoms with E-state index in [1.807, 2.05) is 6.07 Å². The molecule has 2 nitrogen and oxygen atoms in total. The van der Waals surface area contributed by atoms with Crippen LogP contribution in [-0.4, -0.2) is 11.5 Å². The van der Waals surface area contributed by atoms with Crippen molar-refractivity contribution < 1.29 is 0 Å². The van der Waals surface area contributed by atoms with Crippen molar-refractivity contribution in [2.75, 3.05) is 0 Å². The SMILES string of the molecule is CC1C(c2ccccc2)=NC(c2ccccc2)=N[C@H]1c1ccccc1-c1ccc(-c2ccc3c(c2)C(c2ccccc2)(c2ccccc2)c2ccccc2-3)cc1. The van der Waals surface area contributed by atoms with Crippen LogP contribution in [0.3, 0.4) is 0 Å². The van der Waals surface area contributed by atoms with Crippen LogP contribution in [0.4, 0.5) is 0 Å². The molecule has 0 saturated carbocycles. The van der Waals surface area contributed by atoms with Gasteiger partial charge in [0.05, 0.1) is 17.2 Å². The smallest absolute Gasteiger partial charge is 0.155 e. The minimum Gasteiger partial charge on any atom is -0.257 e. The summed E-state index contributed by atoms with van der Waals surface area (Å²) in [5.74, 6) is 0.855. The zero-order chi connectivity index (χ0) is 37.5. The lowest BCUT2D eigenvalue weighted by Crippen LogP contribution is -2.28. The van der Waals surface area contributed by atoms with E-state index in [2.05, 4.69) is 213 Å². The maximum absolute atomic E-state index is 5.37. The fourth-order valence-electron chi connectivity index (χ4n) is 9.12. The van der Waals surface area contributed by atoms with Gasteiger partial charge in [-0.3, -0.25) is 4.99 Å². The summed E-state index contributed by atoms with van der Waals surface area (Å²) in [7, 11) is 0. The summed E-state index contributed by atoms with van der Waals surface area (Å²) < 4.78 is 0. The first-order valence-corrected chi connectivity index (χ1v) is 19.5. The maximum Gasteiger partial charge on any atom is 0.155 e. The number of fused-ring (bicyclic) bond motifs is 3.